The zero-order chi connectivity index (χ0) is 6.85. The summed E-state index contributed by atoms with van der Waals surface area (Å²) in [7, 11) is 0. The molecule has 0 aliphatic carbocycles. The van der Waals surface area contributed by atoms with Crippen LogP contribution in [0.3, 0.4) is 0 Å². The Labute approximate surface area is 88.2 Å². The number of rotatable bonds is 0. The Balaban J connectivity index is 0. The predicted molar refractivity (Wildman–Crippen MR) is 28.9 cm³/mol. The van der Waals surface area contributed by atoms with Crippen molar-refractivity contribution in [2.75, 3.05) is 0 Å². The molecule has 0 bridgehead atoms. The van der Waals surface area contributed by atoms with Gasteiger partial charge in [-0.15, -0.1) is 0 Å². The van der Waals surface area contributed by atoms with Crippen molar-refractivity contribution >= 4 is 0 Å². The van der Waals surface area contributed by atoms with E-state index in [-0.39, 0.29) is 49.2 Å². The van der Waals surface area contributed by atoms with E-state index in [4.69, 9.17) is 0 Å². The van der Waals surface area contributed by atoms with E-state index < -0.39 is 5.63 Å². The van der Waals surface area contributed by atoms with Crippen molar-refractivity contribution in [3.05, 3.63) is 35.2 Å². The van der Waals surface area contributed by atoms with Crippen LogP contribution in [0.15, 0.2) is 21.3 Å². The van der Waals surface area contributed by atoms with Gasteiger partial charge in [0.05, 0.1) is 0 Å². The fourth-order valence-corrected chi connectivity index (χ4v) is 0.505. The molecule has 3 nitrogen and oxygen atoms in total. The molecule has 0 atom stereocenters. The Morgan fingerprint density at radius 2 is 1.91 bits per heavy atom. The van der Waals surface area contributed by atoms with Crippen molar-refractivity contribution < 1.29 is 47.2 Å². The molecule has 0 spiro atoms. The van der Waals surface area contributed by atoms with Crippen LogP contribution in [-0.2, 0) is 0 Å². The maximum atomic E-state index is 10.4. The Morgan fingerprint density at radius 1 is 1.36 bits per heavy atom. The molecule has 0 unspecified atom stereocenters. The van der Waals surface area contributed by atoms with Gasteiger partial charge >= 0.3 is 43.3 Å². The number of hydrogen-bond donors (Lipinski definition) is 0. The summed E-state index contributed by atoms with van der Waals surface area (Å²) in [4.78, 5) is 10.3. The monoisotopic (exact) mass is 138 g/mol. The SMILES string of the molecule is [CH2-]c1cc([O-])cc(=O)o1.[Li+].[Li+]. The zero-order valence-electron chi connectivity index (χ0n) is 6.59. The molecule has 0 radical (unpaired) electrons. The van der Waals surface area contributed by atoms with Gasteiger partial charge in [-0.1, -0.05) is 0 Å². The molecule has 0 fully saturated rings. The molecule has 1 aromatic rings. The fourth-order valence-electron chi connectivity index (χ4n) is 0.505. The van der Waals surface area contributed by atoms with Gasteiger partial charge in [0.25, 0.3) is 0 Å². The second-order valence-corrected chi connectivity index (χ2v) is 1.58. The smallest absolute Gasteiger partial charge is 0.886 e. The molecule has 5 heteroatoms. The van der Waals surface area contributed by atoms with Gasteiger partial charge in [0, 0.05) is 0 Å². The first-order valence-corrected chi connectivity index (χ1v) is 2.32. The molecule has 1 aromatic heterocycles. The number of hydrogen-bond acceptors (Lipinski definition) is 3. The molecule has 1 rings (SSSR count). The van der Waals surface area contributed by atoms with Crippen LogP contribution < -0.4 is 48.5 Å². The molecule has 0 saturated carbocycles. The summed E-state index contributed by atoms with van der Waals surface area (Å²) in [6.45, 7) is 3.28. The zero-order valence-corrected chi connectivity index (χ0v) is 6.59. The third kappa shape index (κ3) is 4.29. The Kier molecular flexibility index (Phi) is 6.66. The molecule has 1 heterocycles. The third-order valence-corrected chi connectivity index (χ3v) is 0.795. The van der Waals surface area contributed by atoms with Crippen molar-refractivity contribution in [1.29, 1.82) is 0 Å². The minimum absolute atomic E-state index is 0. The molecule has 0 saturated heterocycles. The third-order valence-electron chi connectivity index (χ3n) is 0.795. The molecule has 0 aliphatic heterocycles. The summed E-state index contributed by atoms with van der Waals surface area (Å²) in [5.41, 5.74) is -0.646. The topological polar surface area (TPSA) is 53.3 Å². The van der Waals surface area contributed by atoms with Crippen LogP contribution in [-0.4, -0.2) is 0 Å². The summed E-state index contributed by atoms with van der Waals surface area (Å²) in [6.07, 6.45) is 0. The van der Waals surface area contributed by atoms with Gasteiger partial charge in [-0.3, -0.25) is 0 Å². The van der Waals surface area contributed by atoms with Crippen molar-refractivity contribution in [1.82, 2.24) is 0 Å². The van der Waals surface area contributed by atoms with Gasteiger partial charge in [0.15, 0.2) is 0 Å². The molecule has 0 aromatic carbocycles. The Bertz CT molecular complexity index is 246. The van der Waals surface area contributed by atoms with E-state index in [2.05, 4.69) is 11.3 Å². The standard InChI is InChI=1S/C6H5O3.2Li/c1-4-2-5(7)3-6(8)9-4;;/h2-3,7H,1H2;;/q-1;2*+1/p-1. The largest absolute Gasteiger partial charge is 1.00 e. The maximum absolute atomic E-state index is 10.4. The second kappa shape index (κ2) is 5.46. The van der Waals surface area contributed by atoms with Crippen molar-refractivity contribution in [3.63, 3.8) is 0 Å². The van der Waals surface area contributed by atoms with Gasteiger partial charge in [0.2, 0.25) is 0 Å². The first kappa shape index (κ1) is 13.4. The summed E-state index contributed by atoms with van der Waals surface area (Å²) in [6, 6.07) is 2.02. The normalized spacial score (nSPS) is 7.64. The summed E-state index contributed by atoms with van der Waals surface area (Å²) in [5.74, 6) is -0.260. The van der Waals surface area contributed by atoms with Crippen LogP contribution in [0.1, 0.15) is 5.76 Å². The van der Waals surface area contributed by atoms with Gasteiger partial charge in [-0.05, 0) is 11.8 Å². The second-order valence-electron chi connectivity index (χ2n) is 1.58. The van der Waals surface area contributed by atoms with Crippen molar-refractivity contribution in [2.24, 2.45) is 0 Å². The molecule has 0 N–H and O–H groups in total. The van der Waals surface area contributed by atoms with Gasteiger partial charge in [-0.25, -0.2) is 11.7 Å². The van der Waals surface area contributed by atoms with Gasteiger partial charge in [-0.2, -0.15) is 11.8 Å². The van der Waals surface area contributed by atoms with Crippen LogP contribution in [0.25, 0.3) is 0 Å². The van der Waals surface area contributed by atoms with E-state index >= 15 is 0 Å². The fraction of sp³-hybridized carbons (Fsp3) is 0. The summed E-state index contributed by atoms with van der Waals surface area (Å²) >= 11 is 0. The van der Waals surface area contributed by atoms with Gasteiger partial charge < -0.3 is 9.52 Å². The summed E-state index contributed by atoms with van der Waals surface area (Å²) < 4.78 is 4.39. The Morgan fingerprint density at radius 3 is 2.27 bits per heavy atom. The van der Waals surface area contributed by atoms with Crippen LogP contribution in [0, 0.1) is 6.92 Å². The van der Waals surface area contributed by atoms with Gasteiger partial charge in [0.1, 0.15) is 0 Å². The molecule has 48 valence electrons. The van der Waals surface area contributed by atoms with E-state index in [9.17, 15) is 9.90 Å². The van der Waals surface area contributed by atoms with E-state index in [1.54, 1.807) is 0 Å². The van der Waals surface area contributed by atoms with E-state index in [1.165, 1.54) is 0 Å². The van der Waals surface area contributed by atoms with Crippen LogP contribution in [0.2, 0.25) is 0 Å². The molecule has 11 heavy (non-hydrogen) atoms. The molecule has 0 aliphatic rings. The van der Waals surface area contributed by atoms with Crippen molar-refractivity contribution in [3.8, 4) is 5.75 Å². The first-order chi connectivity index (χ1) is 4.18. The molecular formula is C6H4Li2O3. The Hall–Kier alpha value is -0.185. The minimum atomic E-state index is -0.646. The van der Waals surface area contributed by atoms with Crippen LogP contribution in [0.4, 0.5) is 0 Å². The maximum Gasteiger partial charge on any atom is 1.00 e. The minimum Gasteiger partial charge on any atom is -0.886 e. The van der Waals surface area contributed by atoms with E-state index in [0.29, 0.717) is 0 Å². The van der Waals surface area contributed by atoms with Crippen LogP contribution >= 0.6 is 0 Å². The average molecular weight is 138 g/mol. The van der Waals surface area contributed by atoms with Crippen LogP contribution in [0.5, 0.6) is 5.75 Å². The molecular weight excluding hydrogens is 134 g/mol. The van der Waals surface area contributed by atoms with E-state index in [0.717, 1.165) is 12.1 Å². The quantitative estimate of drug-likeness (QED) is 0.265. The molecule has 0 amide bonds. The summed E-state index contributed by atoms with van der Waals surface area (Å²) in [5, 5.41) is 10.4. The predicted octanol–water partition coefficient (Wildman–Crippen LogP) is -6.10. The van der Waals surface area contributed by atoms with Crippen molar-refractivity contribution in [2.45, 2.75) is 0 Å². The first-order valence-electron chi connectivity index (χ1n) is 2.32. The average Bonchev–Trinajstić information content (AvgIpc) is 1.59. The van der Waals surface area contributed by atoms with E-state index in [1.807, 2.05) is 0 Å².